The Balaban J connectivity index is 2.37. The molecule has 0 fully saturated rings. The van der Waals surface area contributed by atoms with Gasteiger partial charge in [-0.2, -0.15) is 0 Å². The quantitative estimate of drug-likeness (QED) is 0.757. The summed E-state index contributed by atoms with van der Waals surface area (Å²) in [5, 5.41) is 11.6. The van der Waals surface area contributed by atoms with Gasteiger partial charge >= 0.3 is 5.97 Å². The first-order valence-corrected chi connectivity index (χ1v) is 5.70. The third-order valence-corrected chi connectivity index (χ3v) is 2.76. The molecule has 0 aromatic heterocycles. The second-order valence-corrected chi connectivity index (χ2v) is 3.92. The van der Waals surface area contributed by atoms with Gasteiger partial charge in [-0.3, -0.25) is 4.79 Å². The lowest BCUT2D eigenvalue weighted by Gasteiger charge is -2.10. The summed E-state index contributed by atoms with van der Waals surface area (Å²) in [5.74, 6) is 0.0506. The van der Waals surface area contributed by atoms with Gasteiger partial charge in [-0.05, 0) is 44.0 Å². The van der Waals surface area contributed by atoms with Crippen LogP contribution in [0.2, 0.25) is 0 Å². The number of rotatable bonds is 7. The number of hydrogen-bond acceptors (Lipinski definition) is 3. The number of carboxylic acid groups (broad SMARTS) is 1. The van der Waals surface area contributed by atoms with E-state index < -0.39 is 12.0 Å². The maximum atomic E-state index is 10.8. The average molecular weight is 237 g/mol. The summed E-state index contributed by atoms with van der Waals surface area (Å²) < 4.78 is 5.07. The van der Waals surface area contributed by atoms with E-state index in [9.17, 15) is 4.79 Å². The first-order chi connectivity index (χ1) is 8.17. The maximum absolute atomic E-state index is 10.8. The summed E-state index contributed by atoms with van der Waals surface area (Å²) in [6.07, 6.45) is 2.37. The normalized spacial score (nSPS) is 12.1. The summed E-state index contributed by atoms with van der Waals surface area (Å²) in [6, 6.07) is 7.40. The predicted molar refractivity (Wildman–Crippen MR) is 66.4 cm³/mol. The molecule has 0 aliphatic heterocycles. The number of carbonyl (C=O) groups is 1. The van der Waals surface area contributed by atoms with Crippen LogP contribution in [0.3, 0.4) is 0 Å². The Kier molecular flexibility index (Phi) is 5.49. The predicted octanol–water partition coefficient (Wildman–Crippen LogP) is 1.69. The van der Waals surface area contributed by atoms with Gasteiger partial charge in [0.1, 0.15) is 11.8 Å². The molecule has 1 aromatic carbocycles. The number of hydrogen-bond donors (Lipinski definition) is 2. The number of aliphatic carboxylic acids is 1. The van der Waals surface area contributed by atoms with Gasteiger partial charge in [0.25, 0.3) is 0 Å². The molecule has 94 valence electrons. The molecule has 0 unspecified atom stereocenters. The van der Waals surface area contributed by atoms with Crippen molar-refractivity contribution in [2.45, 2.75) is 25.3 Å². The minimum atomic E-state index is -0.790. The van der Waals surface area contributed by atoms with Crippen molar-refractivity contribution < 1.29 is 14.6 Å². The van der Waals surface area contributed by atoms with Gasteiger partial charge in [-0.1, -0.05) is 12.1 Å². The summed E-state index contributed by atoms with van der Waals surface area (Å²) in [7, 11) is 3.31. The molecule has 1 rings (SSSR count). The van der Waals surface area contributed by atoms with Crippen LogP contribution in [0.1, 0.15) is 18.4 Å². The molecule has 0 spiro atoms. The molecular weight excluding hydrogens is 218 g/mol. The fourth-order valence-corrected chi connectivity index (χ4v) is 1.69. The molecule has 0 bridgehead atoms. The zero-order chi connectivity index (χ0) is 12.7. The zero-order valence-electron chi connectivity index (χ0n) is 10.3. The molecule has 0 aliphatic carbocycles. The molecular formula is C13H19NO3. The first-order valence-electron chi connectivity index (χ1n) is 5.70. The monoisotopic (exact) mass is 237 g/mol. The Morgan fingerprint density at radius 3 is 2.53 bits per heavy atom. The van der Waals surface area contributed by atoms with Crippen LogP contribution in [0.4, 0.5) is 0 Å². The number of likely N-dealkylation sites (N-methyl/N-ethyl adjacent to an activating group) is 1. The number of ether oxygens (including phenoxy) is 1. The molecule has 0 heterocycles. The van der Waals surface area contributed by atoms with Crippen LogP contribution in [-0.2, 0) is 11.2 Å². The molecule has 0 saturated heterocycles. The maximum Gasteiger partial charge on any atom is 0.320 e. The standard InChI is InChI=1S/C13H19NO3/c1-14-12(13(15)16)5-3-4-10-6-8-11(17-2)9-7-10/h6-9,12,14H,3-5H2,1-2H3,(H,15,16)/t12-/m0/s1. The lowest BCUT2D eigenvalue weighted by Crippen LogP contribution is -2.33. The third-order valence-electron chi connectivity index (χ3n) is 2.76. The third kappa shape index (κ3) is 4.44. The SMILES string of the molecule is CN[C@@H](CCCc1ccc(OC)cc1)C(=O)O. The van der Waals surface area contributed by atoms with Gasteiger partial charge in [0.15, 0.2) is 0 Å². The van der Waals surface area contributed by atoms with Gasteiger partial charge in [-0.15, -0.1) is 0 Å². The highest BCUT2D eigenvalue weighted by Gasteiger charge is 2.13. The van der Waals surface area contributed by atoms with E-state index in [1.165, 1.54) is 5.56 Å². The van der Waals surface area contributed by atoms with E-state index in [1.807, 2.05) is 24.3 Å². The highest BCUT2D eigenvalue weighted by molar-refractivity contribution is 5.73. The number of methoxy groups -OCH3 is 1. The number of nitrogens with one attached hydrogen (secondary N) is 1. The minimum absolute atomic E-state index is 0.451. The van der Waals surface area contributed by atoms with E-state index in [1.54, 1.807) is 14.2 Å². The van der Waals surface area contributed by atoms with Crippen LogP contribution in [0.25, 0.3) is 0 Å². The molecule has 2 N–H and O–H groups in total. The van der Waals surface area contributed by atoms with E-state index in [0.29, 0.717) is 6.42 Å². The fraction of sp³-hybridized carbons (Fsp3) is 0.462. The molecule has 4 nitrogen and oxygen atoms in total. The number of carboxylic acids is 1. The topological polar surface area (TPSA) is 58.6 Å². The van der Waals surface area contributed by atoms with Crippen LogP contribution < -0.4 is 10.1 Å². The number of benzene rings is 1. The largest absolute Gasteiger partial charge is 0.497 e. The van der Waals surface area contributed by atoms with E-state index in [-0.39, 0.29) is 0 Å². The zero-order valence-corrected chi connectivity index (χ0v) is 10.3. The average Bonchev–Trinajstić information content (AvgIpc) is 2.35. The van der Waals surface area contributed by atoms with Crippen LogP contribution in [0, 0.1) is 0 Å². The van der Waals surface area contributed by atoms with Crippen LogP contribution in [0.5, 0.6) is 5.75 Å². The van der Waals surface area contributed by atoms with E-state index in [0.717, 1.165) is 18.6 Å². The van der Waals surface area contributed by atoms with Crippen molar-refractivity contribution in [1.29, 1.82) is 0 Å². The summed E-state index contributed by atoms with van der Waals surface area (Å²) >= 11 is 0. The van der Waals surface area contributed by atoms with Crippen molar-refractivity contribution in [1.82, 2.24) is 5.32 Å². The Bertz CT molecular complexity index is 348. The molecule has 4 heteroatoms. The van der Waals surface area contributed by atoms with Crippen molar-refractivity contribution in [3.8, 4) is 5.75 Å². The summed E-state index contributed by atoms with van der Waals surface area (Å²) in [5.41, 5.74) is 1.20. The van der Waals surface area contributed by atoms with Crippen LogP contribution in [-0.4, -0.2) is 31.3 Å². The minimum Gasteiger partial charge on any atom is -0.497 e. The van der Waals surface area contributed by atoms with Gasteiger partial charge in [-0.25, -0.2) is 0 Å². The first kappa shape index (κ1) is 13.5. The van der Waals surface area contributed by atoms with E-state index >= 15 is 0 Å². The molecule has 0 aliphatic rings. The smallest absolute Gasteiger partial charge is 0.320 e. The Labute approximate surface area is 102 Å². The molecule has 0 saturated carbocycles. The highest BCUT2D eigenvalue weighted by Crippen LogP contribution is 2.13. The second-order valence-electron chi connectivity index (χ2n) is 3.92. The lowest BCUT2D eigenvalue weighted by molar-refractivity contribution is -0.139. The fourth-order valence-electron chi connectivity index (χ4n) is 1.69. The highest BCUT2D eigenvalue weighted by atomic mass is 16.5. The Hall–Kier alpha value is -1.55. The Morgan fingerprint density at radius 1 is 1.41 bits per heavy atom. The van der Waals surface area contributed by atoms with Crippen LogP contribution >= 0.6 is 0 Å². The van der Waals surface area contributed by atoms with E-state index in [2.05, 4.69) is 5.32 Å². The van der Waals surface area contributed by atoms with Gasteiger partial charge < -0.3 is 15.2 Å². The van der Waals surface area contributed by atoms with Crippen molar-refractivity contribution in [2.75, 3.05) is 14.2 Å². The lowest BCUT2D eigenvalue weighted by atomic mass is 10.0. The second kappa shape index (κ2) is 6.91. The van der Waals surface area contributed by atoms with Gasteiger partial charge in [0.05, 0.1) is 7.11 Å². The van der Waals surface area contributed by atoms with Crippen molar-refractivity contribution in [2.24, 2.45) is 0 Å². The molecule has 1 atom stereocenters. The summed E-state index contributed by atoms with van der Waals surface area (Å²) in [4.78, 5) is 10.8. The molecule has 0 radical (unpaired) electrons. The van der Waals surface area contributed by atoms with Crippen molar-refractivity contribution in [3.63, 3.8) is 0 Å². The van der Waals surface area contributed by atoms with Crippen molar-refractivity contribution in [3.05, 3.63) is 29.8 Å². The van der Waals surface area contributed by atoms with Crippen LogP contribution in [0.15, 0.2) is 24.3 Å². The summed E-state index contributed by atoms with van der Waals surface area (Å²) in [6.45, 7) is 0. The van der Waals surface area contributed by atoms with E-state index in [4.69, 9.17) is 9.84 Å². The molecule has 17 heavy (non-hydrogen) atoms. The number of aryl methyl sites for hydroxylation is 1. The van der Waals surface area contributed by atoms with Gasteiger partial charge in [0.2, 0.25) is 0 Å². The molecule has 1 aromatic rings. The Morgan fingerprint density at radius 2 is 2.06 bits per heavy atom. The van der Waals surface area contributed by atoms with Crippen molar-refractivity contribution >= 4 is 5.97 Å². The molecule has 0 amide bonds. The van der Waals surface area contributed by atoms with Gasteiger partial charge in [0, 0.05) is 0 Å².